The van der Waals surface area contributed by atoms with Crippen LogP contribution in [0.5, 0.6) is 0 Å². The highest BCUT2D eigenvalue weighted by molar-refractivity contribution is 8.28. The highest BCUT2D eigenvalue weighted by Crippen LogP contribution is 2.64. The van der Waals surface area contributed by atoms with Crippen molar-refractivity contribution in [2.45, 2.75) is 9.79 Å². The van der Waals surface area contributed by atoms with Gasteiger partial charge in [-0.3, -0.25) is 5.32 Å². The maximum absolute atomic E-state index is 11.0. The van der Waals surface area contributed by atoms with Gasteiger partial charge in [-0.1, -0.05) is 30.3 Å². The first-order valence-electron chi connectivity index (χ1n) is 5.71. The molecule has 0 aromatic heterocycles. The summed E-state index contributed by atoms with van der Waals surface area (Å²) >= 11 is 0. The lowest BCUT2D eigenvalue weighted by atomic mass is 10.2. The summed E-state index contributed by atoms with van der Waals surface area (Å²) in [5.74, 6) is 0.430. The van der Waals surface area contributed by atoms with Crippen molar-refractivity contribution in [2.75, 3.05) is 0 Å². The Morgan fingerprint density at radius 1 is 1.05 bits per heavy atom. The maximum Gasteiger partial charge on any atom is 0.182 e. The van der Waals surface area contributed by atoms with Gasteiger partial charge >= 0.3 is 0 Å². The van der Waals surface area contributed by atoms with Gasteiger partial charge in [-0.05, 0) is 24.3 Å². The summed E-state index contributed by atoms with van der Waals surface area (Å²) in [4.78, 5) is 1.52. The minimum absolute atomic E-state index is 0.430. The molecule has 1 aliphatic rings. The van der Waals surface area contributed by atoms with Crippen LogP contribution in [0.3, 0.4) is 0 Å². The second kappa shape index (κ2) is 4.43. The van der Waals surface area contributed by atoms with Gasteiger partial charge in [0.1, 0.15) is 0 Å². The summed E-state index contributed by atoms with van der Waals surface area (Å²) in [7, 11) is -2.44. The summed E-state index contributed by atoms with van der Waals surface area (Å²) < 4.78 is 15.3. The molecule has 0 radical (unpaired) electrons. The van der Waals surface area contributed by atoms with Crippen molar-refractivity contribution >= 4 is 16.3 Å². The van der Waals surface area contributed by atoms with Gasteiger partial charge < -0.3 is 4.55 Å². The smallest absolute Gasteiger partial charge is 0.182 e. The molecule has 1 aliphatic heterocycles. The van der Waals surface area contributed by atoms with Gasteiger partial charge in [0.2, 0.25) is 0 Å². The van der Waals surface area contributed by atoms with Gasteiger partial charge in [0, 0.05) is 25.8 Å². The number of rotatable bonds is 1. The fraction of sp³-hybridized carbons (Fsp3) is 0. The van der Waals surface area contributed by atoms with Crippen molar-refractivity contribution in [3.63, 3.8) is 0 Å². The summed E-state index contributed by atoms with van der Waals surface area (Å²) in [6.45, 7) is 0. The van der Waals surface area contributed by atoms with Crippen molar-refractivity contribution in [1.29, 1.82) is 5.26 Å². The summed E-state index contributed by atoms with van der Waals surface area (Å²) in [6.07, 6.45) is 1.86. The first kappa shape index (κ1) is 11.8. The van der Waals surface area contributed by atoms with Crippen LogP contribution in [-0.4, -0.2) is 10.4 Å². The van der Waals surface area contributed by atoms with Crippen molar-refractivity contribution < 1.29 is 4.55 Å². The average molecular weight is 269 g/mol. The lowest BCUT2D eigenvalue weighted by molar-refractivity contribution is 0.627. The molecule has 4 nitrogen and oxygen atoms in total. The van der Waals surface area contributed by atoms with E-state index in [2.05, 4.69) is 9.71 Å². The Morgan fingerprint density at radius 3 is 2.47 bits per heavy atom. The normalized spacial score (nSPS) is 23.7. The predicted molar refractivity (Wildman–Crippen MR) is 74.9 cm³/mol. The van der Waals surface area contributed by atoms with Gasteiger partial charge in [0.25, 0.3) is 0 Å². The predicted octanol–water partition coefficient (Wildman–Crippen LogP) is 3.13. The monoisotopic (exact) mass is 269 g/mol. The minimum Gasteiger partial charge on any atom is -0.324 e. The molecule has 0 saturated heterocycles. The molecule has 19 heavy (non-hydrogen) atoms. The van der Waals surface area contributed by atoms with E-state index in [9.17, 15) is 4.55 Å². The molecule has 3 rings (SSSR count). The van der Waals surface area contributed by atoms with Crippen LogP contribution in [0.25, 0.3) is 0 Å². The van der Waals surface area contributed by atoms with Crippen molar-refractivity contribution in [1.82, 2.24) is 5.32 Å². The van der Waals surface area contributed by atoms with Crippen LogP contribution in [0.4, 0.5) is 0 Å². The molecular weight excluding hydrogens is 258 g/mol. The molecule has 94 valence electrons. The van der Waals surface area contributed by atoms with Crippen LogP contribution in [0.15, 0.2) is 68.8 Å². The Kier molecular flexibility index (Phi) is 2.75. The molecule has 2 N–H and O–H groups in total. The second-order valence-corrected chi connectivity index (χ2v) is 6.23. The average Bonchev–Trinajstić information content (AvgIpc) is 2.75. The SMILES string of the molecule is N#CNC1=NS(O)(c2ccccc2)c2ccccc21. The van der Waals surface area contributed by atoms with Crippen LogP contribution < -0.4 is 5.32 Å². The number of amidine groups is 1. The molecule has 1 heterocycles. The maximum atomic E-state index is 11.0. The molecule has 1 unspecified atom stereocenters. The van der Waals surface area contributed by atoms with E-state index in [0.717, 1.165) is 15.4 Å². The summed E-state index contributed by atoms with van der Waals surface area (Å²) in [5.41, 5.74) is 0.783. The van der Waals surface area contributed by atoms with Crippen LogP contribution in [0.1, 0.15) is 5.56 Å². The van der Waals surface area contributed by atoms with E-state index in [-0.39, 0.29) is 0 Å². The molecule has 5 heteroatoms. The Bertz CT molecular complexity index is 693. The molecular formula is C14H11N3OS. The van der Waals surface area contributed by atoms with E-state index in [1.807, 2.05) is 60.8 Å². The fourth-order valence-electron chi connectivity index (χ4n) is 2.07. The molecule has 0 amide bonds. The molecule has 0 fully saturated rings. The van der Waals surface area contributed by atoms with Gasteiger partial charge in [-0.25, -0.2) is 0 Å². The summed E-state index contributed by atoms with van der Waals surface area (Å²) in [6, 6.07) is 16.8. The Labute approximate surface area is 112 Å². The third-order valence-electron chi connectivity index (χ3n) is 2.92. The quantitative estimate of drug-likeness (QED) is 0.617. The number of fused-ring (bicyclic) bond motifs is 1. The van der Waals surface area contributed by atoms with Gasteiger partial charge in [-0.15, -0.1) is 0 Å². The molecule has 0 saturated carbocycles. The lowest BCUT2D eigenvalue weighted by Gasteiger charge is -2.26. The van der Waals surface area contributed by atoms with Crippen LogP contribution in [0, 0.1) is 11.5 Å². The van der Waals surface area contributed by atoms with E-state index in [4.69, 9.17) is 5.26 Å². The number of benzene rings is 2. The lowest BCUT2D eigenvalue weighted by Crippen LogP contribution is -2.16. The van der Waals surface area contributed by atoms with Crippen LogP contribution >= 0.6 is 10.5 Å². The summed E-state index contributed by atoms with van der Waals surface area (Å²) in [5, 5.41) is 11.3. The zero-order valence-corrected chi connectivity index (χ0v) is 10.8. The van der Waals surface area contributed by atoms with E-state index >= 15 is 0 Å². The molecule has 2 aromatic carbocycles. The molecule has 0 aliphatic carbocycles. The zero-order chi connectivity index (χ0) is 13.3. The first-order chi connectivity index (χ1) is 9.25. The van der Waals surface area contributed by atoms with Crippen molar-refractivity contribution in [3.8, 4) is 6.19 Å². The third kappa shape index (κ3) is 1.78. The van der Waals surface area contributed by atoms with Gasteiger partial charge in [0.05, 0.1) is 0 Å². The highest BCUT2D eigenvalue weighted by Gasteiger charge is 2.35. The van der Waals surface area contributed by atoms with Crippen molar-refractivity contribution in [3.05, 3.63) is 60.2 Å². The van der Waals surface area contributed by atoms with Crippen LogP contribution in [-0.2, 0) is 0 Å². The topological polar surface area (TPSA) is 68.4 Å². The van der Waals surface area contributed by atoms with E-state index in [1.54, 1.807) is 0 Å². The zero-order valence-electron chi connectivity index (χ0n) is 9.95. The number of hydrogen-bond acceptors (Lipinski definition) is 4. The molecule has 0 spiro atoms. The van der Waals surface area contributed by atoms with E-state index in [0.29, 0.717) is 5.84 Å². The van der Waals surface area contributed by atoms with Gasteiger partial charge in [0.15, 0.2) is 12.0 Å². The Morgan fingerprint density at radius 2 is 1.74 bits per heavy atom. The Balaban J connectivity index is 2.21. The first-order valence-corrected chi connectivity index (χ1v) is 7.26. The fourth-order valence-corrected chi connectivity index (χ4v) is 4.22. The molecule has 1 atom stereocenters. The molecule has 0 bridgehead atoms. The van der Waals surface area contributed by atoms with E-state index < -0.39 is 10.5 Å². The van der Waals surface area contributed by atoms with E-state index in [1.165, 1.54) is 0 Å². The standard InChI is InChI=1S/C14H11N3OS/c15-10-16-14-12-8-4-5-9-13(12)19(18,17-14)11-6-2-1-3-7-11/h1-9,18H,(H,16,17). The number of nitrogens with one attached hydrogen (secondary N) is 1. The minimum atomic E-state index is -2.44. The second-order valence-electron chi connectivity index (χ2n) is 4.03. The number of nitrogens with zero attached hydrogens (tertiary/aromatic N) is 2. The van der Waals surface area contributed by atoms with Crippen LogP contribution in [0.2, 0.25) is 0 Å². The largest absolute Gasteiger partial charge is 0.324 e. The number of hydrogen-bond donors (Lipinski definition) is 2. The third-order valence-corrected chi connectivity index (χ3v) is 5.26. The molecule has 2 aromatic rings. The number of nitriles is 1. The Hall–Kier alpha value is -2.29. The van der Waals surface area contributed by atoms with Gasteiger partial charge in [-0.2, -0.15) is 9.66 Å². The highest BCUT2D eigenvalue weighted by atomic mass is 32.3. The van der Waals surface area contributed by atoms with Crippen molar-refractivity contribution in [2.24, 2.45) is 4.40 Å².